The van der Waals surface area contributed by atoms with Gasteiger partial charge in [-0.15, -0.1) is 0 Å². The van der Waals surface area contributed by atoms with Crippen molar-refractivity contribution in [3.63, 3.8) is 0 Å². The average molecular weight is 253 g/mol. The summed E-state index contributed by atoms with van der Waals surface area (Å²) in [6.07, 6.45) is 4.62. The molecule has 0 radical (unpaired) electrons. The number of ketones is 1. The first-order valence-corrected chi connectivity index (χ1v) is 6.32. The molecule has 0 saturated heterocycles. The van der Waals surface area contributed by atoms with E-state index in [-0.39, 0.29) is 5.78 Å². The van der Waals surface area contributed by atoms with Gasteiger partial charge in [0.2, 0.25) is 0 Å². The van der Waals surface area contributed by atoms with Crippen LogP contribution in [0.4, 0.5) is 5.69 Å². The lowest BCUT2D eigenvalue weighted by atomic mass is 9.90. The standard InChI is InChI=1S/C15H15N3O/c16-8-11-6-7-14-13(15(11)19)9-17-10-18(14)12-4-2-1-3-5-12/h1-5,8-9H,6-7,10,16H2. The quantitative estimate of drug-likeness (QED) is 0.779. The van der Waals surface area contributed by atoms with Crippen LogP contribution in [0.2, 0.25) is 0 Å². The van der Waals surface area contributed by atoms with Gasteiger partial charge >= 0.3 is 0 Å². The summed E-state index contributed by atoms with van der Waals surface area (Å²) in [5.41, 5.74) is 8.98. The van der Waals surface area contributed by atoms with Gasteiger partial charge in [0.05, 0.1) is 5.57 Å². The molecule has 0 spiro atoms. The number of aliphatic imine (C=N–C) groups is 1. The van der Waals surface area contributed by atoms with E-state index >= 15 is 0 Å². The van der Waals surface area contributed by atoms with E-state index in [2.05, 4.69) is 9.89 Å². The number of rotatable bonds is 1. The van der Waals surface area contributed by atoms with Gasteiger partial charge in [-0.2, -0.15) is 0 Å². The molecule has 0 amide bonds. The maximum absolute atomic E-state index is 12.2. The average Bonchev–Trinajstić information content (AvgIpc) is 2.48. The van der Waals surface area contributed by atoms with Crippen molar-refractivity contribution in [2.45, 2.75) is 12.8 Å². The highest BCUT2D eigenvalue weighted by atomic mass is 16.1. The molecule has 19 heavy (non-hydrogen) atoms. The molecule has 1 aromatic carbocycles. The summed E-state index contributed by atoms with van der Waals surface area (Å²) >= 11 is 0. The molecular weight excluding hydrogens is 238 g/mol. The lowest BCUT2D eigenvalue weighted by Gasteiger charge is -2.32. The van der Waals surface area contributed by atoms with Gasteiger partial charge in [0.1, 0.15) is 6.67 Å². The van der Waals surface area contributed by atoms with Crippen molar-refractivity contribution in [3.8, 4) is 0 Å². The van der Waals surface area contributed by atoms with Crippen molar-refractivity contribution < 1.29 is 4.79 Å². The monoisotopic (exact) mass is 253 g/mol. The zero-order valence-corrected chi connectivity index (χ0v) is 10.5. The second kappa shape index (κ2) is 4.72. The first-order valence-electron chi connectivity index (χ1n) is 6.32. The normalized spacial score (nSPS) is 20.9. The lowest BCUT2D eigenvalue weighted by molar-refractivity contribution is -0.112. The van der Waals surface area contributed by atoms with Crippen LogP contribution in [0.25, 0.3) is 0 Å². The smallest absolute Gasteiger partial charge is 0.193 e. The number of Topliss-reactive ketones (excluding diaryl/α,β-unsaturated/α-hetero) is 1. The summed E-state index contributed by atoms with van der Waals surface area (Å²) in [7, 11) is 0. The van der Waals surface area contributed by atoms with Crippen LogP contribution in [-0.2, 0) is 4.79 Å². The Kier molecular flexibility index (Phi) is 2.91. The number of hydrogen-bond acceptors (Lipinski definition) is 4. The Bertz CT molecular complexity index is 599. The van der Waals surface area contributed by atoms with E-state index in [1.165, 1.54) is 6.20 Å². The fraction of sp³-hybridized carbons (Fsp3) is 0.200. The van der Waals surface area contributed by atoms with E-state index in [4.69, 9.17) is 5.73 Å². The Labute approximate surface area is 111 Å². The van der Waals surface area contributed by atoms with Gasteiger partial charge in [0.25, 0.3) is 0 Å². The highest BCUT2D eigenvalue weighted by molar-refractivity contribution is 6.22. The summed E-state index contributed by atoms with van der Waals surface area (Å²) in [5, 5.41) is 0. The second-order valence-electron chi connectivity index (χ2n) is 4.60. The maximum atomic E-state index is 12.2. The highest BCUT2D eigenvalue weighted by Crippen LogP contribution is 2.32. The third kappa shape index (κ3) is 1.95. The zero-order chi connectivity index (χ0) is 13.2. The number of nitrogens with two attached hydrogens (primary N) is 1. The van der Waals surface area contributed by atoms with Crippen LogP contribution in [0.1, 0.15) is 12.8 Å². The van der Waals surface area contributed by atoms with Crippen LogP contribution in [0, 0.1) is 0 Å². The molecule has 2 N–H and O–H groups in total. The molecule has 0 unspecified atom stereocenters. The van der Waals surface area contributed by atoms with E-state index in [9.17, 15) is 4.79 Å². The molecule has 0 fully saturated rings. The molecular formula is C15H15N3O. The van der Waals surface area contributed by atoms with Crippen LogP contribution in [0.3, 0.4) is 0 Å². The lowest BCUT2D eigenvalue weighted by Crippen LogP contribution is -2.32. The third-order valence-corrected chi connectivity index (χ3v) is 3.52. The van der Waals surface area contributed by atoms with Crippen LogP contribution in [0.5, 0.6) is 0 Å². The van der Waals surface area contributed by atoms with Crippen LogP contribution < -0.4 is 10.6 Å². The van der Waals surface area contributed by atoms with Crippen LogP contribution in [-0.4, -0.2) is 18.7 Å². The largest absolute Gasteiger partial charge is 0.404 e. The van der Waals surface area contributed by atoms with Crippen molar-refractivity contribution in [3.05, 3.63) is 53.4 Å². The van der Waals surface area contributed by atoms with Gasteiger partial charge in [0.15, 0.2) is 5.78 Å². The molecule has 0 aromatic heterocycles. The number of anilines is 1. The molecule has 2 aliphatic rings. The topological polar surface area (TPSA) is 58.7 Å². The predicted molar refractivity (Wildman–Crippen MR) is 75.8 cm³/mol. The van der Waals surface area contributed by atoms with Gasteiger partial charge in [-0.3, -0.25) is 9.79 Å². The Hall–Kier alpha value is -2.36. The minimum absolute atomic E-state index is 0.00753. The van der Waals surface area contributed by atoms with E-state index in [0.717, 1.165) is 17.8 Å². The molecule has 3 rings (SSSR count). The third-order valence-electron chi connectivity index (χ3n) is 3.52. The Morgan fingerprint density at radius 3 is 2.74 bits per heavy atom. The first-order chi connectivity index (χ1) is 9.31. The van der Waals surface area contributed by atoms with E-state index in [1.807, 2.05) is 30.3 Å². The van der Waals surface area contributed by atoms with Gasteiger partial charge in [-0.25, -0.2) is 0 Å². The predicted octanol–water partition coefficient (Wildman–Crippen LogP) is 1.99. The van der Waals surface area contributed by atoms with Gasteiger partial charge in [0, 0.05) is 29.4 Å². The zero-order valence-electron chi connectivity index (χ0n) is 10.5. The molecule has 1 aliphatic carbocycles. The van der Waals surface area contributed by atoms with E-state index in [0.29, 0.717) is 24.2 Å². The molecule has 0 saturated carbocycles. The molecule has 1 aliphatic heterocycles. The van der Waals surface area contributed by atoms with Crippen molar-refractivity contribution >= 4 is 17.7 Å². The van der Waals surface area contributed by atoms with Crippen molar-refractivity contribution in [1.82, 2.24) is 0 Å². The Morgan fingerprint density at radius 2 is 2.00 bits per heavy atom. The number of carbonyl (C=O) groups is 1. The number of hydrogen-bond donors (Lipinski definition) is 1. The molecule has 0 atom stereocenters. The van der Waals surface area contributed by atoms with Crippen LogP contribution in [0.15, 0.2) is 58.4 Å². The SMILES string of the molecule is NC=C1CCC2=C(C=NCN2c2ccccc2)C1=O. The fourth-order valence-corrected chi connectivity index (χ4v) is 2.52. The minimum atomic E-state index is 0.00753. The Morgan fingerprint density at radius 1 is 1.21 bits per heavy atom. The van der Waals surface area contributed by atoms with Gasteiger partial charge in [-0.05, 0) is 25.0 Å². The molecule has 96 valence electrons. The van der Waals surface area contributed by atoms with Crippen LogP contribution >= 0.6 is 0 Å². The Balaban J connectivity index is 2.03. The molecule has 1 heterocycles. The molecule has 0 bridgehead atoms. The number of benzene rings is 1. The van der Waals surface area contributed by atoms with Crippen molar-refractivity contribution in [2.75, 3.05) is 11.6 Å². The first kappa shape index (κ1) is 11.7. The molecule has 4 nitrogen and oxygen atoms in total. The van der Waals surface area contributed by atoms with Gasteiger partial charge < -0.3 is 10.6 Å². The summed E-state index contributed by atoms with van der Waals surface area (Å²) in [6.45, 7) is 0.567. The number of allylic oxidation sites excluding steroid dienone is 3. The summed E-state index contributed by atoms with van der Waals surface area (Å²) in [5.74, 6) is 0.00753. The fourth-order valence-electron chi connectivity index (χ4n) is 2.52. The van der Waals surface area contributed by atoms with Crippen molar-refractivity contribution in [1.29, 1.82) is 0 Å². The molecule has 4 heteroatoms. The molecule has 1 aromatic rings. The summed E-state index contributed by atoms with van der Waals surface area (Å²) in [4.78, 5) is 18.6. The van der Waals surface area contributed by atoms with E-state index < -0.39 is 0 Å². The van der Waals surface area contributed by atoms with E-state index in [1.54, 1.807) is 6.21 Å². The number of nitrogens with zero attached hydrogens (tertiary/aromatic N) is 2. The summed E-state index contributed by atoms with van der Waals surface area (Å²) in [6, 6.07) is 10.0. The highest BCUT2D eigenvalue weighted by Gasteiger charge is 2.29. The second-order valence-corrected chi connectivity index (χ2v) is 4.60. The number of carbonyl (C=O) groups excluding carboxylic acids is 1. The van der Waals surface area contributed by atoms with Crippen molar-refractivity contribution in [2.24, 2.45) is 10.7 Å². The van der Waals surface area contributed by atoms with Gasteiger partial charge in [-0.1, -0.05) is 18.2 Å². The summed E-state index contributed by atoms with van der Waals surface area (Å²) < 4.78 is 0. The number of para-hydroxylation sites is 1. The minimum Gasteiger partial charge on any atom is -0.404 e. The maximum Gasteiger partial charge on any atom is 0.193 e.